The standard InChI is InChI=1S/C23H27FN2O3/c24-19-9-7-18(8-10-19)17-29-22-6-2-1-5-21(22)23(27)26-13-11-25(12-14-26)16-20-4-3-15-28-20/h1-2,5-10,20H,3-4,11-17H2. The molecule has 0 N–H and O–H groups in total. The number of carbonyl (C=O) groups is 1. The second-order valence-corrected chi connectivity index (χ2v) is 7.64. The van der Waals surface area contributed by atoms with Crippen LogP contribution in [0.2, 0.25) is 0 Å². The minimum absolute atomic E-state index is 0.00327. The summed E-state index contributed by atoms with van der Waals surface area (Å²) in [6.45, 7) is 5.26. The molecule has 1 amide bonds. The number of hydrogen-bond acceptors (Lipinski definition) is 4. The highest BCUT2D eigenvalue weighted by Crippen LogP contribution is 2.22. The van der Waals surface area contributed by atoms with E-state index in [1.807, 2.05) is 23.1 Å². The maximum Gasteiger partial charge on any atom is 0.257 e. The molecule has 2 aromatic rings. The van der Waals surface area contributed by atoms with Crippen molar-refractivity contribution < 1.29 is 18.7 Å². The number of para-hydroxylation sites is 1. The van der Waals surface area contributed by atoms with Crippen LogP contribution in [0.25, 0.3) is 0 Å². The van der Waals surface area contributed by atoms with Gasteiger partial charge in [0, 0.05) is 39.3 Å². The van der Waals surface area contributed by atoms with Crippen molar-refractivity contribution in [3.8, 4) is 5.75 Å². The predicted octanol–water partition coefficient (Wildman–Crippen LogP) is 3.34. The molecule has 2 heterocycles. The van der Waals surface area contributed by atoms with E-state index in [9.17, 15) is 9.18 Å². The minimum atomic E-state index is -0.275. The number of nitrogens with zero attached hydrogens (tertiary/aromatic N) is 2. The summed E-state index contributed by atoms with van der Waals surface area (Å²) in [7, 11) is 0. The van der Waals surface area contributed by atoms with Crippen LogP contribution in [0.1, 0.15) is 28.8 Å². The third-order valence-electron chi connectivity index (χ3n) is 5.57. The second kappa shape index (κ2) is 9.37. The Morgan fingerprint density at radius 3 is 2.55 bits per heavy atom. The molecule has 0 radical (unpaired) electrons. The molecule has 0 aromatic heterocycles. The highest BCUT2D eigenvalue weighted by Gasteiger charge is 2.26. The van der Waals surface area contributed by atoms with E-state index in [0.29, 0.717) is 37.1 Å². The van der Waals surface area contributed by atoms with Gasteiger partial charge in [-0.25, -0.2) is 4.39 Å². The zero-order chi connectivity index (χ0) is 20.1. The maximum atomic E-state index is 13.1. The van der Waals surface area contributed by atoms with Gasteiger partial charge in [-0.1, -0.05) is 24.3 Å². The molecule has 4 rings (SSSR count). The molecule has 0 spiro atoms. The van der Waals surface area contributed by atoms with Crippen LogP contribution >= 0.6 is 0 Å². The number of rotatable bonds is 6. The van der Waals surface area contributed by atoms with Crippen molar-refractivity contribution in [2.24, 2.45) is 0 Å². The van der Waals surface area contributed by atoms with Gasteiger partial charge in [0.25, 0.3) is 5.91 Å². The van der Waals surface area contributed by atoms with Crippen LogP contribution in [0.5, 0.6) is 5.75 Å². The van der Waals surface area contributed by atoms with Gasteiger partial charge in [0.2, 0.25) is 0 Å². The number of hydrogen-bond donors (Lipinski definition) is 0. The highest BCUT2D eigenvalue weighted by molar-refractivity contribution is 5.97. The average Bonchev–Trinajstić information content (AvgIpc) is 3.27. The fourth-order valence-electron chi connectivity index (χ4n) is 3.89. The Labute approximate surface area is 171 Å². The van der Waals surface area contributed by atoms with E-state index in [4.69, 9.17) is 9.47 Å². The molecule has 2 fully saturated rings. The van der Waals surface area contributed by atoms with Crippen LogP contribution in [0.4, 0.5) is 4.39 Å². The average molecular weight is 398 g/mol. The smallest absolute Gasteiger partial charge is 0.257 e. The van der Waals surface area contributed by atoms with Gasteiger partial charge < -0.3 is 14.4 Å². The molecule has 29 heavy (non-hydrogen) atoms. The van der Waals surface area contributed by atoms with E-state index >= 15 is 0 Å². The molecule has 0 aliphatic carbocycles. The molecule has 6 heteroatoms. The summed E-state index contributed by atoms with van der Waals surface area (Å²) in [5.41, 5.74) is 1.43. The Morgan fingerprint density at radius 2 is 1.83 bits per heavy atom. The van der Waals surface area contributed by atoms with Gasteiger partial charge in [-0.3, -0.25) is 9.69 Å². The van der Waals surface area contributed by atoms with E-state index < -0.39 is 0 Å². The van der Waals surface area contributed by atoms with Crippen molar-refractivity contribution in [3.63, 3.8) is 0 Å². The number of amides is 1. The summed E-state index contributed by atoms with van der Waals surface area (Å²) in [6, 6.07) is 13.5. The van der Waals surface area contributed by atoms with Crippen molar-refractivity contribution in [2.45, 2.75) is 25.6 Å². The fourth-order valence-corrected chi connectivity index (χ4v) is 3.89. The third kappa shape index (κ3) is 5.14. The van der Waals surface area contributed by atoms with Crippen molar-refractivity contribution in [3.05, 3.63) is 65.5 Å². The summed E-state index contributed by atoms with van der Waals surface area (Å²) >= 11 is 0. The van der Waals surface area contributed by atoms with Crippen molar-refractivity contribution in [1.82, 2.24) is 9.80 Å². The number of carbonyl (C=O) groups excluding carboxylic acids is 1. The number of piperazine rings is 1. The van der Waals surface area contributed by atoms with Crippen LogP contribution in [0, 0.1) is 5.82 Å². The number of benzene rings is 2. The Kier molecular flexibility index (Phi) is 6.42. The molecule has 0 bridgehead atoms. The van der Waals surface area contributed by atoms with Gasteiger partial charge in [0.1, 0.15) is 18.2 Å². The van der Waals surface area contributed by atoms with Crippen molar-refractivity contribution >= 4 is 5.91 Å². The van der Waals surface area contributed by atoms with E-state index in [2.05, 4.69) is 4.90 Å². The first-order valence-corrected chi connectivity index (χ1v) is 10.3. The van der Waals surface area contributed by atoms with Gasteiger partial charge >= 0.3 is 0 Å². The molecule has 5 nitrogen and oxygen atoms in total. The molecule has 0 saturated carbocycles. The lowest BCUT2D eigenvalue weighted by atomic mass is 10.1. The summed E-state index contributed by atoms with van der Waals surface area (Å²) in [5.74, 6) is 0.281. The van der Waals surface area contributed by atoms with E-state index in [1.54, 1.807) is 18.2 Å². The summed E-state index contributed by atoms with van der Waals surface area (Å²) in [6.07, 6.45) is 2.63. The number of halogens is 1. The lowest BCUT2D eigenvalue weighted by molar-refractivity contribution is 0.0430. The zero-order valence-corrected chi connectivity index (χ0v) is 16.6. The Hall–Kier alpha value is -2.44. The Bertz CT molecular complexity index is 813. The van der Waals surface area contributed by atoms with E-state index in [-0.39, 0.29) is 11.7 Å². The van der Waals surface area contributed by atoms with Crippen molar-refractivity contribution in [1.29, 1.82) is 0 Å². The first-order valence-electron chi connectivity index (χ1n) is 10.3. The normalized spacial score (nSPS) is 20.0. The SMILES string of the molecule is O=C(c1ccccc1OCc1ccc(F)cc1)N1CCN(CC2CCCO2)CC1. The summed E-state index contributed by atoms with van der Waals surface area (Å²) < 4.78 is 24.7. The van der Waals surface area contributed by atoms with E-state index in [1.165, 1.54) is 12.1 Å². The number of ether oxygens (including phenoxy) is 2. The predicted molar refractivity (Wildman–Crippen MR) is 108 cm³/mol. The lowest BCUT2D eigenvalue weighted by Gasteiger charge is -2.36. The summed E-state index contributed by atoms with van der Waals surface area (Å²) in [4.78, 5) is 17.4. The monoisotopic (exact) mass is 398 g/mol. The Morgan fingerprint density at radius 1 is 1.07 bits per heavy atom. The van der Waals surface area contributed by atoms with Crippen LogP contribution in [0.3, 0.4) is 0 Å². The molecule has 154 valence electrons. The molecule has 2 aliphatic rings. The van der Waals surface area contributed by atoms with Gasteiger partial charge in [0.05, 0.1) is 11.7 Å². The van der Waals surface area contributed by atoms with Gasteiger partial charge in [-0.15, -0.1) is 0 Å². The molecule has 2 saturated heterocycles. The first-order chi connectivity index (χ1) is 14.2. The van der Waals surface area contributed by atoms with Crippen molar-refractivity contribution in [2.75, 3.05) is 39.3 Å². The second-order valence-electron chi connectivity index (χ2n) is 7.64. The minimum Gasteiger partial charge on any atom is -0.488 e. The molecular weight excluding hydrogens is 371 g/mol. The van der Waals surface area contributed by atoms with Crippen LogP contribution in [-0.2, 0) is 11.3 Å². The van der Waals surface area contributed by atoms with Gasteiger partial charge in [-0.2, -0.15) is 0 Å². The Balaban J connectivity index is 1.34. The highest BCUT2D eigenvalue weighted by atomic mass is 19.1. The van der Waals surface area contributed by atoms with Crippen LogP contribution < -0.4 is 4.74 Å². The maximum absolute atomic E-state index is 13.1. The topological polar surface area (TPSA) is 42.0 Å². The molecule has 2 aromatic carbocycles. The quantitative estimate of drug-likeness (QED) is 0.749. The van der Waals surface area contributed by atoms with Crippen LogP contribution in [0.15, 0.2) is 48.5 Å². The van der Waals surface area contributed by atoms with E-state index in [0.717, 1.165) is 44.6 Å². The first kappa shape index (κ1) is 19.9. The third-order valence-corrected chi connectivity index (χ3v) is 5.57. The largest absolute Gasteiger partial charge is 0.488 e. The lowest BCUT2D eigenvalue weighted by Crippen LogP contribution is -2.50. The molecule has 2 aliphatic heterocycles. The molecular formula is C23H27FN2O3. The zero-order valence-electron chi connectivity index (χ0n) is 16.6. The van der Waals surface area contributed by atoms with Gasteiger partial charge in [0.15, 0.2) is 0 Å². The van der Waals surface area contributed by atoms with Crippen LogP contribution in [-0.4, -0.2) is 61.1 Å². The fraction of sp³-hybridized carbons (Fsp3) is 0.435. The summed E-state index contributed by atoms with van der Waals surface area (Å²) in [5, 5.41) is 0. The molecule has 1 unspecified atom stereocenters. The van der Waals surface area contributed by atoms with Gasteiger partial charge in [-0.05, 0) is 42.7 Å². The molecule has 1 atom stereocenters.